The van der Waals surface area contributed by atoms with E-state index in [1.165, 1.54) is 16.8 Å². The molecule has 3 aromatic rings. The van der Waals surface area contributed by atoms with Gasteiger partial charge < -0.3 is 15.4 Å². The molecular formula is C17H19FN6O2. The van der Waals surface area contributed by atoms with E-state index in [-0.39, 0.29) is 25.6 Å². The first-order valence-corrected chi connectivity index (χ1v) is 8.34. The van der Waals surface area contributed by atoms with Crippen molar-refractivity contribution in [3.05, 3.63) is 47.7 Å². The summed E-state index contributed by atoms with van der Waals surface area (Å²) in [4.78, 5) is 20.6. The second-order valence-electron chi connectivity index (χ2n) is 5.21. The average molecular weight is 358 g/mol. The molecule has 0 atom stereocenters. The fraction of sp³-hybridized carbons (Fsp3) is 0.294. The largest absolute Gasteiger partial charge is 0.476 e. The standard InChI is InChI=1S/C15H13FN6O2.C2H6/c16-10-5-9-6-18-12-1-3-22-13(21-12)11(8-20-22)14(23)17-2-4-24-15(9)19-7-10;1-2/h1,3,5,7-8H,2,4,6H2,(H,17,23)(H,18,21);1-2H3. The molecule has 0 spiro atoms. The summed E-state index contributed by atoms with van der Waals surface area (Å²) in [6, 6.07) is 3.07. The van der Waals surface area contributed by atoms with Gasteiger partial charge in [0, 0.05) is 18.3 Å². The summed E-state index contributed by atoms with van der Waals surface area (Å²) < 4.78 is 20.5. The Hall–Kier alpha value is -3.23. The first-order valence-electron chi connectivity index (χ1n) is 8.34. The van der Waals surface area contributed by atoms with Crippen molar-refractivity contribution in [2.75, 3.05) is 18.5 Å². The van der Waals surface area contributed by atoms with Crippen LogP contribution in [-0.4, -0.2) is 38.6 Å². The summed E-state index contributed by atoms with van der Waals surface area (Å²) in [5, 5.41) is 9.93. The number of anilines is 1. The Morgan fingerprint density at radius 1 is 1.27 bits per heavy atom. The van der Waals surface area contributed by atoms with Gasteiger partial charge in [-0.2, -0.15) is 5.10 Å². The number of pyridine rings is 1. The minimum atomic E-state index is -0.446. The lowest BCUT2D eigenvalue weighted by Gasteiger charge is -2.11. The van der Waals surface area contributed by atoms with Crippen molar-refractivity contribution in [2.24, 2.45) is 0 Å². The fourth-order valence-electron chi connectivity index (χ4n) is 2.45. The quantitative estimate of drug-likeness (QED) is 0.639. The summed E-state index contributed by atoms with van der Waals surface area (Å²) in [5.74, 6) is 0.121. The van der Waals surface area contributed by atoms with Gasteiger partial charge >= 0.3 is 0 Å². The molecule has 8 nitrogen and oxygen atoms in total. The molecule has 136 valence electrons. The Kier molecular flexibility index (Phi) is 5.26. The maximum absolute atomic E-state index is 13.5. The number of nitrogens with one attached hydrogen (secondary N) is 2. The first-order chi connectivity index (χ1) is 12.7. The molecule has 0 saturated carbocycles. The average Bonchev–Trinajstić information content (AvgIpc) is 3.09. The highest BCUT2D eigenvalue weighted by molar-refractivity contribution is 5.99. The smallest absolute Gasteiger partial charge is 0.256 e. The van der Waals surface area contributed by atoms with Gasteiger partial charge in [0.1, 0.15) is 23.8 Å². The third kappa shape index (κ3) is 3.56. The molecular weight excluding hydrogens is 339 g/mol. The van der Waals surface area contributed by atoms with Crippen molar-refractivity contribution in [3.8, 4) is 5.88 Å². The van der Waals surface area contributed by atoms with Crippen LogP contribution in [0.4, 0.5) is 10.2 Å². The maximum atomic E-state index is 13.5. The van der Waals surface area contributed by atoms with Gasteiger partial charge in [-0.05, 0) is 12.1 Å². The third-order valence-electron chi connectivity index (χ3n) is 3.59. The van der Waals surface area contributed by atoms with Crippen LogP contribution in [0, 0.1) is 5.82 Å². The molecule has 0 fully saturated rings. The monoisotopic (exact) mass is 358 g/mol. The number of carbonyl (C=O) groups excluding carboxylic acids is 1. The van der Waals surface area contributed by atoms with Crippen LogP contribution in [0.5, 0.6) is 5.88 Å². The van der Waals surface area contributed by atoms with Crippen molar-refractivity contribution >= 4 is 17.4 Å². The van der Waals surface area contributed by atoms with E-state index >= 15 is 0 Å². The van der Waals surface area contributed by atoms with E-state index in [4.69, 9.17) is 4.74 Å². The number of amides is 1. The molecule has 1 aliphatic rings. The number of ether oxygens (including phenoxy) is 1. The molecule has 1 amide bonds. The molecule has 3 aromatic heterocycles. The number of aromatic nitrogens is 4. The zero-order valence-electron chi connectivity index (χ0n) is 14.5. The predicted octanol–water partition coefficient (Wildman–Crippen LogP) is 2.02. The molecule has 9 heteroatoms. The van der Waals surface area contributed by atoms with Gasteiger partial charge in [0.2, 0.25) is 5.88 Å². The van der Waals surface area contributed by atoms with E-state index in [1.807, 2.05) is 13.8 Å². The predicted molar refractivity (Wildman–Crippen MR) is 93.7 cm³/mol. The minimum Gasteiger partial charge on any atom is -0.476 e. The third-order valence-corrected chi connectivity index (χ3v) is 3.59. The zero-order valence-corrected chi connectivity index (χ0v) is 14.5. The Bertz CT molecular complexity index is 927. The van der Waals surface area contributed by atoms with Gasteiger partial charge in [-0.1, -0.05) is 13.8 Å². The normalized spacial score (nSPS) is 13.7. The highest BCUT2D eigenvalue weighted by Crippen LogP contribution is 2.19. The van der Waals surface area contributed by atoms with E-state index in [0.29, 0.717) is 28.5 Å². The van der Waals surface area contributed by atoms with Gasteiger partial charge in [-0.25, -0.2) is 18.9 Å². The molecule has 4 heterocycles. The van der Waals surface area contributed by atoms with E-state index in [2.05, 4.69) is 25.7 Å². The molecule has 0 aliphatic carbocycles. The number of halogens is 1. The second-order valence-corrected chi connectivity index (χ2v) is 5.21. The summed E-state index contributed by atoms with van der Waals surface area (Å²) in [6.07, 6.45) is 4.26. The lowest BCUT2D eigenvalue weighted by atomic mass is 10.2. The van der Waals surface area contributed by atoms with Crippen LogP contribution < -0.4 is 15.4 Å². The topological polar surface area (TPSA) is 93.4 Å². The second kappa shape index (κ2) is 7.77. The van der Waals surface area contributed by atoms with Gasteiger partial charge in [-0.3, -0.25) is 4.79 Å². The minimum absolute atomic E-state index is 0.215. The maximum Gasteiger partial charge on any atom is 0.256 e. The number of rotatable bonds is 0. The van der Waals surface area contributed by atoms with Crippen molar-refractivity contribution < 1.29 is 13.9 Å². The Morgan fingerprint density at radius 3 is 2.96 bits per heavy atom. The van der Waals surface area contributed by atoms with Crippen molar-refractivity contribution in [3.63, 3.8) is 0 Å². The number of carbonyl (C=O) groups is 1. The first kappa shape index (κ1) is 17.6. The molecule has 0 unspecified atom stereocenters. The lowest BCUT2D eigenvalue weighted by molar-refractivity contribution is 0.0948. The highest BCUT2D eigenvalue weighted by atomic mass is 19.1. The van der Waals surface area contributed by atoms with Gasteiger partial charge in [0.15, 0.2) is 5.65 Å². The summed E-state index contributed by atoms with van der Waals surface area (Å²) in [7, 11) is 0. The number of hydrogen-bond donors (Lipinski definition) is 2. The van der Waals surface area contributed by atoms with Gasteiger partial charge in [-0.15, -0.1) is 0 Å². The SMILES string of the molecule is CC.O=C1NCCOc2ncc(F)cc2CNc2ccn3ncc1c3n2. The fourth-order valence-corrected chi connectivity index (χ4v) is 2.45. The molecule has 0 aromatic carbocycles. The molecule has 26 heavy (non-hydrogen) atoms. The lowest BCUT2D eigenvalue weighted by Crippen LogP contribution is -2.28. The van der Waals surface area contributed by atoms with Gasteiger partial charge in [0.25, 0.3) is 5.91 Å². The van der Waals surface area contributed by atoms with E-state index in [9.17, 15) is 9.18 Å². The molecule has 2 bridgehead atoms. The summed E-state index contributed by atoms with van der Waals surface area (Å²) in [5.41, 5.74) is 1.38. The van der Waals surface area contributed by atoms with Crippen LogP contribution in [0.2, 0.25) is 0 Å². The van der Waals surface area contributed by atoms with Crippen LogP contribution in [0.1, 0.15) is 29.8 Å². The van der Waals surface area contributed by atoms with E-state index in [0.717, 1.165) is 6.20 Å². The summed E-state index contributed by atoms with van der Waals surface area (Å²) in [6.45, 7) is 4.78. The molecule has 0 saturated heterocycles. The van der Waals surface area contributed by atoms with Crippen molar-refractivity contribution in [1.82, 2.24) is 24.9 Å². The van der Waals surface area contributed by atoms with Crippen LogP contribution >= 0.6 is 0 Å². The number of fused-ring (bicyclic) bond motifs is 2. The Balaban J connectivity index is 0.000000948. The van der Waals surface area contributed by atoms with Crippen molar-refractivity contribution in [1.29, 1.82) is 0 Å². The van der Waals surface area contributed by atoms with Crippen LogP contribution in [0.25, 0.3) is 5.65 Å². The summed E-state index contributed by atoms with van der Waals surface area (Å²) >= 11 is 0. The van der Waals surface area contributed by atoms with Crippen molar-refractivity contribution in [2.45, 2.75) is 20.4 Å². The Morgan fingerprint density at radius 2 is 2.12 bits per heavy atom. The van der Waals surface area contributed by atoms with Crippen LogP contribution in [0.15, 0.2) is 30.7 Å². The number of nitrogens with zero attached hydrogens (tertiary/aromatic N) is 4. The Labute approximate surface area is 149 Å². The van der Waals surface area contributed by atoms with E-state index in [1.54, 1.807) is 12.3 Å². The van der Waals surface area contributed by atoms with Gasteiger partial charge in [0.05, 0.1) is 18.9 Å². The molecule has 1 aliphatic heterocycles. The molecule has 4 rings (SSSR count). The van der Waals surface area contributed by atoms with Crippen LogP contribution in [-0.2, 0) is 6.54 Å². The molecule has 2 N–H and O–H groups in total. The zero-order chi connectivity index (χ0) is 18.5. The van der Waals surface area contributed by atoms with Crippen LogP contribution in [0.3, 0.4) is 0 Å². The molecule has 0 radical (unpaired) electrons. The highest BCUT2D eigenvalue weighted by Gasteiger charge is 2.16. The van der Waals surface area contributed by atoms with E-state index < -0.39 is 5.82 Å². The number of hydrogen-bond acceptors (Lipinski definition) is 6.